The minimum atomic E-state index is -0.263. The van der Waals surface area contributed by atoms with Crippen LogP contribution < -0.4 is 14.4 Å². The van der Waals surface area contributed by atoms with E-state index in [1.54, 1.807) is 23.2 Å². The van der Waals surface area contributed by atoms with Gasteiger partial charge in [0.25, 0.3) is 0 Å². The van der Waals surface area contributed by atoms with Crippen LogP contribution in [0.1, 0.15) is 61.1 Å². The Balaban J connectivity index is 1.33. The molecule has 5 nitrogen and oxygen atoms in total. The summed E-state index contributed by atoms with van der Waals surface area (Å²) in [6, 6.07) is 15.2. The zero-order valence-electron chi connectivity index (χ0n) is 22.6. The van der Waals surface area contributed by atoms with Gasteiger partial charge >= 0.3 is 0 Å². The Kier molecular flexibility index (Phi) is 8.08. The molecule has 2 fully saturated rings. The highest BCUT2D eigenvalue weighted by Gasteiger charge is 2.47. The summed E-state index contributed by atoms with van der Waals surface area (Å²) in [6.45, 7) is 8.98. The number of ether oxygens (including phenoxy) is 2. The van der Waals surface area contributed by atoms with Crippen molar-refractivity contribution in [2.45, 2.75) is 59.0 Å². The molecular formula is C32H38FN2O3+. The number of hydrogen-bond acceptors (Lipinski definition) is 4. The maximum atomic E-state index is 13.6. The highest BCUT2D eigenvalue weighted by Crippen LogP contribution is 2.41. The molecule has 1 N–H and O–H groups in total. The lowest BCUT2D eigenvalue weighted by Gasteiger charge is -2.23. The van der Waals surface area contributed by atoms with Gasteiger partial charge in [0.15, 0.2) is 5.78 Å². The maximum Gasteiger partial charge on any atom is 0.164 e. The van der Waals surface area contributed by atoms with E-state index in [0.717, 1.165) is 66.2 Å². The smallest absolute Gasteiger partial charge is 0.164 e. The van der Waals surface area contributed by atoms with E-state index in [0.29, 0.717) is 37.5 Å². The van der Waals surface area contributed by atoms with Gasteiger partial charge in [0.2, 0.25) is 0 Å². The third-order valence-electron chi connectivity index (χ3n) is 8.26. The van der Waals surface area contributed by atoms with Crippen LogP contribution in [0, 0.1) is 24.6 Å². The summed E-state index contributed by atoms with van der Waals surface area (Å²) >= 11 is 0. The Morgan fingerprint density at radius 1 is 1.00 bits per heavy atom. The van der Waals surface area contributed by atoms with Crippen LogP contribution in [0.2, 0.25) is 0 Å². The van der Waals surface area contributed by atoms with Gasteiger partial charge in [-0.15, -0.1) is 0 Å². The number of carbonyl (C=O) groups is 1. The number of likely N-dealkylation sites (tertiary alicyclic amines) is 1. The molecule has 1 saturated heterocycles. The second-order valence-corrected chi connectivity index (χ2v) is 10.6. The largest absolute Gasteiger partial charge is 0.493 e. The minimum Gasteiger partial charge on any atom is -0.493 e. The molecule has 2 unspecified atom stereocenters. The predicted molar refractivity (Wildman–Crippen MR) is 146 cm³/mol. The molecular weight excluding hydrogens is 479 g/mol. The Labute approximate surface area is 225 Å². The van der Waals surface area contributed by atoms with Crippen molar-refractivity contribution in [3.63, 3.8) is 0 Å². The molecule has 1 aromatic heterocycles. The zero-order chi connectivity index (χ0) is 26.6. The molecule has 6 heteroatoms. The Morgan fingerprint density at radius 3 is 2.34 bits per heavy atom. The van der Waals surface area contributed by atoms with E-state index >= 15 is 0 Å². The molecule has 2 aliphatic rings. The SMILES string of the molecule is CCOc1cc(C[NH+]2CC[C@H]3C(CC(=O)c4ccc(C)nc4)CC[C@H]32)cc(OCC)c1-c1ccc(F)cc1. The molecule has 3 aromatic rings. The molecule has 38 heavy (non-hydrogen) atoms. The monoisotopic (exact) mass is 517 g/mol. The summed E-state index contributed by atoms with van der Waals surface area (Å²) in [7, 11) is 0. The average Bonchev–Trinajstić information content (AvgIpc) is 3.49. The van der Waals surface area contributed by atoms with Gasteiger partial charge in [-0.3, -0.25) is 9.78 Å². The summed E-state index contributed by atoms with van der Waals surface area (Å²) in [6.07, 6.45) is 5.77. The highest BCUT2D eigenvalue weighted by atomic mass is 19.1. The van der Waals surface area contributed by atoms with Gasteiger partial charge < -0.3 is 14.4 Å². The van der Waals surface area contributed by atoms with Gasteiger partial charge in [0.05, 0.1) is 31.4 Å². The normalized spacial score (nSPS) is 22.3. The Hall–Kier alpha value is -3.25. The molecule has 1 aliphatic heterocycles. The lowest BCUT2D eigenvalue weighted by molar-refractivity contribution is -0.927. The highest BCUT2D eigenvalue weighted by molar-refractivity contribution is 5.95. The first kappa shape index (κ1) is 26.4. The molecule has 200 valence electrons. The fourth-order valence-corrected chi connectivity index (χ4v) is 6.54. The maximum absolute atomic E-state index is 13.6. The molecule has 1 saturated carbocycles. The van der Waals surface area contributed by atoms with Crippen molar-refractivity contribution in [1.82, 2.24) is 4.98 Å². The van der Waals surface area contributed by atoms with Crippen LogP contribution in [-0.2, 0) is 6.54 Å². The number of rotatable bonds is 10. The minimum absolute atomic E-state index is 0.218. The number of carbonyl (C=O) groups excluding carboxylic acids is 1. The van der Waals surface area contributed by atoms with Crippen molar-refractivity contribution in [1.29, 1.82) is 0 Å². The average molecular weight is 518 g/mol. The molecule has 5 rings (SSSR count). The molecule has 4 atom stereocenters. The molecule has 0 bridgehead atoms. The number of halogens is 1. The lowest BCUT2D eigenvalue weighted by Crippen LogP contribution is -3.12. The number of nitrogens with one attached hydrogen (secondary N) is 1. The zero-order valence-corrected chi connectivity index (χ0v) is 22.6. The van der Waals surface area contributed by atoms with E-state index in [1.807, 2.05) is 32.9 Å². The van der Waals surface area contributed by atoms with Crippen molar-refractivity contribution in [3.05, 3.63) is 77.4 Å². The van der Waals surface area contributed by atoms with Crippen LogP contribution in [0.4, 0.5) is 4.39 Å². The van der Waals surface area contributed by atoms with E-state index in [-0.39, 0.29) is 11.6 Å². The van der Waals surface area contributed by atoms with Gasteiger partial charge in [0.1, 0.15) is 23.9 Å². The Morgan fingerprint density at radius 2 is 1.71 bits per heavy atom. The first-order valence-electron chi connectivity index (χ1n) is 14.0. The van der Waals surface area contributed by atoms with Crippen molar-refractivity contribution in [2.75, 3.05) is 19.8 Å². The van der Waals surface area contributed by atoms with E-state index < -0.39 is 0 Å². The number of hydrogen-bond donors (Lipinski definition) is 1. The van der Waals surface area contributed by atoms with Crippen molar-refractivity contribution in [2.24, 2.45) is 11.8 Å². The summed E-state index contributed by atoms with van der Waals surface area (Å²) in [5.41, 5.74) is 4.60. The lowest BCUT2D eigenvalue weighted by atomic mass is 9.88. The summed E-state index contributed by atoms with van der Waals surface area (Å²) in [4.78, 5) is 18.8. The van der Waals surface area contributed by atoms with Gasteiger partial charge in [-0.1, -0.05) is 12.1 Å². The van der Waals surface area contributed by atoms with E-state index in [9.17, 15) is 9.18 Å². The molecule has 0 amide bonds. The third kappa shape index (κ3) is 5.60. The van der Waals surface area contributed by atoms with Crippen molar-refractivity contribution in [3.8, 4) is 22.6 Å². The number of benzene rings is 2. The molecule has 0 radical (unpaired) electrons. The quantitative estimate of drug-likeness (QED) is 0.364. The van der Waals surface area contributed by atoms with Gasteiger partial charge in [-0.05, 0) is 81.5 Å². The summed E-state index contributed by atoms with van der Waals surface area (Å²) < 4.78 is 25.8. The van der Waals surface area contributed by atoms with Crippen molar-refractivity contribution >= 4 is 5.78 Å². The molecule has 1 aliphatic carbocycles. The summed E-state index contributed by atoms with van der Waals surface area (Å²) in [5, 5.41) is 0. The number of ketones is 1. The Bertz CT molecular complexity index is 1230. The van der Waals surface area contributed by atoms with E-state index in [4.69, 9.17) is 9.47 Å². The predicted octanol–water partition coefficient (Wildman–Crippen LogP) is 5.45. The molecule has 0 spiro atoms. The third-order valence-corrected chi connectivity index (χ3v) is 8.26. The topological polar surface area (TPSA) is 52.9 Å². The standard InChI is InChI=1S/C32H37FN2O3/c1-4-37-30-16-22(17-31(38-5-2)32(30)23-8-11-26(33)12-9-23)20-35-15-14-27-24(10-13-28(27)35)18-29(36)25-7-6-21(3)34-19-25/h6-9,11-12,16-17,19,24,27-28H,4-5,10,13-15,18,20H2,1-3H3/p+1/t24?,27-,28+/m0/s1. The van der Waals surface area contributed by atoms with Crippen LogP contribution in [0.25, 0.3) is 11.1 Å². The number of quaternary nitrogens is 1. The first-order valence-corrected chi connectivity index (χ1v) is 14.0. The number of pyridine rings is 1. The van der Waals surface area contributed by atoms with Crippen molar-refractivity contribution < 1.29 is 23.6 Å². The number of aryl methyl sites for hydroxylation is 1. The number of Topliss-reactive ketones (excluding diaryl/α,β-unsaturated/α-hetero) is 1. The first-order chi connectivity index (χ1) is 18.5. The summed E-state index contributed by atoms with van der Waals surface area (Å²) in [5.74, 6) is 2.54. The van der Waals surface area contributed by atoms with E-state index in [2.05, 4.69) is 17.1 Å². The number of fused-ring (bicyclic) bond motifs is 1. The number of aromatic nitrogens is 1. The van der Waals surface area contributed by atoms with Crippen LogP contribution in [0.15, 0.2) is 54.7 Å². The molecule has 2 heterocycles. The van der Waals surface area contributed by atoms with Gasteiger partial charge in [-0.25, -0.2) is 4.39 Å². The fourth-order valence-electron chi connectivity index (χ4n) is 6.54. The number of nitrogens with zero attached hydrogens (tertiary/aromatic N) is 1. The second kappa shape index (κ2) is 11.6. The van der Waals surface area contributed by atoms with E-state index in [1.165, 1.54) is 17.7 Å². The second-order valence-electron chi connectivity index (χ2n) is 10.6. The van der Waals surface area contributed by atoms with Crippen LogP contribution in [-0.4, -0.2) is 36.6 Å². The fraction of sp³-hybridized carbons (Fsp3) is 0.438. The van der Waals surface area contributed by atoms with Crippen LogP contribution >= 0.6 is 0 Å². The molecule has 2 aromatic carbocycles. The van der Waals surface area contributed by atoms with Crippen LogP contribution in [0.5, 0.6) is 11.5 Å². The van der Waals surface area contributed by atoms with Crippen LogP contribution in [0.3, 0.4) is 0 Å². The van der Waals surface area contributed by atoms with Gasteiger partial charge in [0, 0.05) is 41.8 Å². The van der Waals surface area contributed by atoms with Gasteiger partial charge in [-0.2, -0.15) is 0 Å².